The molecular weight excluding hydrogens is 272 g/mol. The second-order valence-electron chi connectivity index (χ2n) is 3.57. The molecule has 1 aromatic carbocycles. The maximum atomic E-state index is 11.8. The number of esters is 1. The normalized spacial score (nSPS) is 10.2. The molecule has 0 amide bonds. The zero-order chi connectivity index (χ0) is 13.5. The average Bonchev–Trinajstić information content (AvgIpc) is 2.38. The van der Waals surface area contributed by atoms with E-state index in [0.717, 1.165) is 10.5 Å². The van der Waals surface area contributed by atoms with Gasteiger partial charge in [0.05, 0.1) is 18.1 Å². The molecule has 0 heterocycles. The highest BCUT2D eigenvalue weighted by Gasteiger charge is 2.16. The molecule has 0 fully saturated rings. The number of hydrogen-bond acceptors (Lipinski definition) is 4. The Morgan fingerprint density at radius 2 is 2.11 bits per heavy atom. The molecule has 0 spiro atoms. The van der Waals surface area contributed by atoms with Crippen LogP contribution < -0.4 is 0 Å². The second-order valence-corrected chi connectivity index (χ2v) is 4.65. The Labute approximate surface area is 116 Å². The summed E-state index contributed by atoms with van der Waals surface area (Å²) in [5.41, 5.74) is 1.32. The molecule has 0 saturated carbocycles. The molecule has 0 aliphatic carbocycles. The summed E-state index contributed by atoms with van der Waals surface area (Å²) in [7, 11) is 0. The van der Waals surface area contributed by atoms with Crippen LogP contribution in [0.3, 0.4) is 0 Å². The highest BCUT2D eigenvalue weighted by atomic mass is 35.5. The summed E-state index contributed by atoms with van der Waals surface area (Å²) in [4.78, 5) is 24.0. The number of ketones is 1. The molecule has 0 N–H and O–H groups in total. The van der Waals surface area contributed by atoms with E-state index in [1.54, 1.807) is 19.1 Å². The number of carbonyl (C=O) groups excluding carboxylic acids is 2. The number of Topliss-reactive ketones (excluding diaryl/α,β-unsaturated/α-hetero) is 1. The predicted molar refractivity (Wildman–Crippen MR) is 73.6 cm³/mol. The van der Waals surface area contributed by atoms with Gasteiger partial charge in [-0.15, -0.1) is 23.4 Å². The van der Waals surface area contributed by atoms with Gasteiger partial charge < -0.3 is 4.74 Å². The quantitative estimate of drug-likeness (QED) is 0.458. The van der Waals surface area contributed by atoms with Gasteiger partial charge >= 0.3 is 5.97 Å². The van der Waals surface area contributed by atoms with Crippen LogP contribution in [-0.2, 0) is 16.0 Å². The van der Waals surface area contributed by atoms with Gasteiger partial charge in [-0.1, -0.05) is 12.1 Å². The minimum Gasteiger partial charge on any atom is -0.462 e. The van der Waals surface area contributed by atoms with E-state index in [-0.39, 0.29) is 24.1 Å². The zero-order valence-corrected chi connectivity index (χ0v) is 11.9. The van der Waals surface area contributed by atoms with Crippen molar-refractivity contribution in [3.8, 4) is 0 Å². The summed E-state index contributed by atoms with van der Waals surface area (Å²) in [5.74, 6) is -0.438. The van der Waals surface area contributed by atoms with Gasteiger partial charge in [0.1, 0.15) is 0 Å². The summed E-state index contributed by atoms with van der Waals surface area (Å²) in [6.45, 7) is 2.09. The molecule has 0 atom stereocenters. The van der Waals surface area contributed by atoms with E-state index >= 15 is 0 Å². The molecule has 1 rings (SSSR count). The third-order valence-corrected chi connectivity index (χ3v) is 3.52. The molecule has 98 valence electrons. The van der Waals surface area contributed by atoms with Crippen molar-refractivity contribution in [2.75, 3.05) is 18.7 Å². The van der Waals surface area contributed by atoms with Gasteiger partial charge in [-0.25, -0.2) is 4.79 Å². The van der Waals surface area contributed by atoms with Crippen LogP contribution in [0.2, 0.25) is 0 Å². The molecule has 18 heavy (non-hydrogen) atoms. The minimum atomic E-state index is -0.359. The molecule has 5 heteroatoms. The molecule has 0 bridgehead atoms. The topological polar surface area (TPSA) is 43.4 Å². The van der Waals surface area contributed by atoms with Crippen molar-refractivity contribution in [3.63, 3.8) is 0 Å². The van der Waals surface area contributed by atoms with Gasteiger partial charge in [-0.2, -0.15) is 0 Å². The molecule has 0 aliphatic rings. The van der Waals surface area contributed by atoms with E-state index in [9.17, 15) is 9.59 Å². The summed E-state index contributed by atoms with van der Waals surface area (Å²) >= 11 is 6.93. The number of ether oxygens (including phenoxy) is 1. The molecule has 0 aromatic heterocycles. The zero-order valence-electron chi connectivity index (χ0n) is 10.4. The largest absolute Gasteiger partial charge is 0.462 e. The Hall–Kier alpha value is -1.00. The number of alkyl halides is 1. The molecule has 1 aromatic rings. The van der Waals surface area contributed by atoms with E-state index in [0.29, 0.717) is 12.2 Å². The smallest absolute Gasteiger partial charge is 0.339 e. The summed E-state index contributed by atoms with van der Waals surface area (Å²) in [6, 6.07) is 5.29. The van der Waals surface area contributed by atoms with Crippen molar-refractivity contribution in [1.29, 1.82) is 0 Å². The molecule has 0 unspecified atom stereocenters. The van der Waals surface area contributed by atoms with Crippen LogP contribution >= 0.6 is 23.4 Å². The van der Waals surface area contributed by atoms with E-state index in [2.05, 4.69) is 0 Å². The van der Waals surface area contributed by atoms with E-state index < -0.39 is 0 Å². The van der Waals surface area contributed by atoms with Gasteiger partial charge in [-0.3, -0.25) is 4.79 Å². The lowest BCUT2D eigenvalue weighted by atomic mass is 10.1. The van der Waals surface area contributed by atoms with Crippen molar-refractivity contribution >= 4 is 35.1 Å². The summed E-state index contributed by atoms with van der Waals surface area (Å²) in [5, 5.41) is 0. The van der Waals surface area contributed by atoms with Crippen molar-refractivity contribution in [3.05, 3.63) is 29.3 Å². The van der Waals surface area contributed by atoms with Crippen LogP contribution in [0.4, 0.5) is 0 Å². The Kier molecular flexibility index (Phi) is 6.22. The lowest BCUT2D eigenvalue weighted by Crippen LogP contribution is -2.10. The summed E-state index contributed by atoms with van der Waals surface area (Å²) < 4.78 is 4.99. The van der Waals surface area contributed by atoms with Crippen LogP contribution in [0, 0.1) is 0 Å². The average molecular weight is 287 g/mol. The fourth-order valence-corrected chi connectivity index (χ4v) is 2.46. The molecular formula is C13H15ClO3S. The third-order valence-electron chi connectivity index (χ3n) is 2.33. The van der Waals surface area contributed by atoms with Crippen molar-refractivity contribution in [2.24, 2.45) is 0 Å². The van der Waals surface area contributed by atoms with Gasteiger partial charge in [0.15, 0.2) is 5.78 Å². The lowest BCUT2D eigenvalue weighted by Gasteiger charge is -2.11. The Morgan fingerprint density at radius 1 is 1.39 bits per heavy atom. The van der Waals surface area contributed by atoms with Crippen LogP contribution in [0.25, 0.3) is 0 Å². The third kappa shape index (κ3) is 3.75. The summed E-state index contributed by atoms with van der Waals surface area (Å²) in [6.07, 6.45) is 2.11. The standard InChI is InChI=1S/C13H15ClO3S/c1-3-17-13(16)11-6-4-5-9(12(11)18-2)7-10(15)8-14/h4-6H,3,7-8H2,1-2H3. The Balaban J connectivity index is 3.09. The number of carbonyl (C=O) groups is 2. The Morgan fingerprint density at radius 3 is 2.67 bits per heavy atom. The highest BCUT2D eigenvalue weighted by molar-refractivity contribution is 7.98. The second kappa shape index (κ2) is 7.44. The van der Waals surface area contributed by atoms with Gasteiger partial charge in [0.2, 0.25) is 0 Å². The van der Waals surface area contributed by atoms with Crippen molar-refractivity contribution < 1.29 is 14.3 Å². The minimum absolute atomic E-state index is 0.0164. The van der Waals surface area contributed by atoms with Crippen LogP contribution in [0.1, 0.15) is 22.8 Å². The fourth-order valence-electron chi connectivity index (χ4n) is 1.59. The van der Waals surface area contributed by atoms with E-state index in [1.807, 2.05) is 12.3 Å². The first-order valence-electron chi connectivity index (χ1n) is 5.54. The number of benzene rings is 1. The molecule has 0 aliphatic heterocycles. The van der Waals surface area contributed by atoms with Gasteiger partial charge in [0.25, 0.3) is 0 Å². The first kappa shape index (κ1) is 15.1. The predicted octanol–water partition coefficient (Wildman–Crippen LogP) is 2.94. The highest BCUT2D eigenvalue weighted by Crippen LogP contribution is 2.26. The fraction of sp³-hybridized carbons (Fsp3) is 0.385. The van der Waals surface area contributed by atoms with Gasteiger partial charge in [-0.05, 0) is 24.8 Å². The number of thioether (sulfide) groups is 1. The maximum Gasteiger partial charge on any atom is 0.339 e. The SMILES string of the molecule is CCOC(=O)c1cccc(CC(=O)CCl)c1SC. The van der Waals surface area contributed by atoms with Crippen molar-refractivity contribution in [1.82, 2.24) is 0 Å². The molecule has 0 saturated heterocycles. The lowest BCUT2D eigenvalue weighted by molar-refractivity contribution is -0.116. The van der Waals surface area contributed by atoms with Gasteiger partial charge in [0, 0.05) is 11.3 Å². The van der Waals surface area contributed by atoms with Crippen LogP contribution in [0.15, 0.2) is 23.1 Å². The first-order chi connectivity index (χ1) is 8.63. The maximum absolute atomic E-state index is 11.8. The van der Waals surface area contributed by atoms with E-state index in [4.69, 9.17) is 16.3 Å². The Bertz CT molecular complexity index is 446. The number of halogens is 1. The molecule has 3 nitrogen and oxygen atoms in total. The van der Waals surface area contributed by atoms with Crippen LogP contribution in [-0.4, -0.2) is 30.5 Å². The number of rotatable bonds is 6. The van der Waals surface area contributed by atoms with Crippen molar-refractivity contribution in [2.45, 2.75) is 18.2 Å². The number of hydrogen-bond donors (Lipinski definition) is 0. The molecule has 0 radical (unpaired) electrons. The van der Waals surface area contributed by atoms with E-state index in [1.165, 1.54) is 11.8 Å². The monoisotopic (exact) mass is 286 g/mol. The first-order valence-corrected chi connectivity index (χ1v) is 7.30. The van der Waals surface area contributed by atoms with Crippen LogP contribution in [0.5, 0.6) is 0 Å².